The fourth-order valence-electron chi connectivity index (χ4n) is 1.32. The smallest absolute Gasteiger partial charge is 0.206 e. The van der Waals surface area contributed by atoms with Gasteiger partial charge in [0, 0.05) is 5.56 Å². The molecule has 1 aromatic heterocycles. The second kappa shape index (κ2) is 3.38. The molecule has 2 N–H and O–H groups in total. The fourth-order valence-corrected chi connectivity index (χ4v) is 1.89. The summed E-state index contributed by atoms with van der Waals surface area (Å²) in [5.74, 6) is 0. The van der Waals surface area contributed by atoms with Crippen molar-refractivity contribution in [2.75, 3.05) is 5.73 Å². The molecule has 0 amide bonds. The lowest BCUT2D eigenvalue weighted by Crippen LogP contribution is -1.86. The molecule has 0 aliphatic rings. The van der Waals surface area contributed by atoms with Gasteiger partial charge in [0.05, 0.1) is 0 Å². The number of nitrogen functional groups attached to an aromatic ring is 1. The van der Waals surface area contributed by atoms with Crippen molar-refractivity contribution in [2.24, 2.45) is 0 Å². The van der Waals surface area contributed by atoms with E-state index in [4.69, 9.17) is 5.73 Å². The first-order valence-corrected chi connectivity index (χ1v) is 4.98. The summed E-state index contributed by atoms with van der Waals surface area (Å²) in [5.41, 5.74) is 7.59. The van der Waals surface area contributed by atoms with E-state index in [2.05, 4.69) is 4.98 Å². The Hall–Kier alpha value is -1.42. The first-order chi connectivity index (χ1) is 6.68. The standard InChI is InChI=1S/C10H9FN2S/c1-6-4-2-3-5-7(6)8-9(11)14-10(12)13-8/h2-5H,1H3,(H2,12,13). The lowest BCUT2D eigenvalue weighted by Gasteiger charge is -2.00. The van der Waals surface area contributed by atoms with Crippen molar-refractivity contribution < 1.29 is 4.39 Å². The molecule has 2 rings (SSSR count). The van der Waals surface area contributed by atoms with E-state index in [0.29, 0.717) is 5.69 Å². The third kappa shape index (κ3) is 1.48. The van der Waals surface area contributed by atoms with E-state index in [-0.39, 0.29) is 10.3 Å². The number of halogens is 1. The van der Waals surface area contributed by atoms with Crippen molar-refractivity contribution in [2.45, 2.75) is 6.92 Å². The predicted molar refractivity (Wildman–Crippen MR) is 56.7 cm³/mol. The largest absolute Gasteiger partial charge is 0.375 e. The quantitative estimate of drug-likeness (QED) is 0.782. The van der Waals surface area contributed by atoms with E-state index < -0.39 is 0 Å². The van der Waals surface area contributed by atoms with Gasteiger partial charge in [0.25, 0.3) is 0 Å². The summed E-state index contributed by atoms with van der Waals surface area (Å²) in [6.07, 6.45) is 0. The Morgan fingerprint density at radius 3 is 2.64 bits per heavy atom. The van der Waals surface area contributed by atoms with Crippen LogP contribution >= 0.6 is 11.3 Å². The molecule has 0 saturated carbocycles. The number of nitrogens with two attached hydrogens (primary N) is 1. The highest BCUT2D eigenvalue weighted by Crippen LogP contribution is 2.29. The van der Waals surface area contributed by atoms with Crippen molar-refractivity contribution >= 4 is 16.5 Å². The van der Waals surface area contributed by atoms with Gasteiger partial charge in [-0.05, 0) is 12.5 Å². The van der Waals surface area contributed by atoms with E-state index >= 15 is 0 Å². The van der Waals surface area contributed by atoms with Crippen molar-refractivity contribution in [3.8, 4) is 11.3 Å². The summed E-state index contributed by atoms with van der Waals surface area (Å²) < 4.78 is 13.4. The molecule has 0 atom stereocenters. The van der Waals surface area contributed by atoms with Crippen LogP contribution in [0.2, 0.25) is 0 Å². The summed E-state index contributed by atoms with van der Waals surface area (Å²) >= 11 is 0.873. The minimum atomic E-state index is -0.322. The zero-order chi connectivity index (χ0) is 10.1. The van der Waals surface area contributed by atoms with Crippen LogP contribution in [-0.2, 0) is 0 Å². The van der Waals surface area contributed by atoms with Gasteiger partial charge >= 0.3 is 0 Å². The van der Waals surface area contributed by atoms with E-state index in [1.54, 1.807) is 0 Å². The second-order valence-corrected chi connectivity index (χ2v) is 3.97. The Balaban J connectivity index is 2.60. The Bertz CT molecular complexity index is 465. The van der Waals surface area contributed by atoms with Gasteiger partial charge in [0.15, 0.2) is 5.13 Å². The van der Waals surface area contributed by atoms with Crippen LogP contribution in [-0.4, -0.2) is 4.98 Å². The lowest BCUT2D eigenvalue weighted by atomic mass is 10.1. The van der Waals surface area contributed by atoms with Gasteiger partial charge in [0.2, 0.25) is 5.13 Å². The van der Waals surface area contributed by atoms with Gasteiger partial charge in [-0.25, -0.2) is 4.98 Å². The minimum absolute atomic E-state index is 0.265. The Morgan fingerprint density at radius 2 is 2.07 bits per heavy atom. The van der Waals surface area contributed by atoms with Crippen molar-refractivity contribution in [1.82, 2.24) is 4.98 Å². The molecule has 0 aliphatic heterocycles. The summed E-state index contributed by atoms with van der Waals surface area (Å²) in [4.78, 5) is 3.96. The highest BCUT2D eigenvalue weighted by molar-refractivity contribution is 7.14. The zero-order valence-corrected chi connectivity index (χ0v) is 8.44. The first-order valence-electron chi connectivity index (χ1n) is 4.16. The van der Waals surface area contributed by atoms with Gasteiger partial charge < -0.3 is 5.73 Å². The number of thiazole rings is 1. The molecule has 0 bridgehead atoms. The molecular formula is C10H9FN2S. The van der Waals surface area contributed by atoms with Crippen LogP contribution in [0.4, 0.5) is 9.52 Å². The molecule has 2 aromatic rings. The van der Waals surface area contributed by atoms with Crippen molar-refractivity contribution in [3.63, 3.8) is 0 Å². The Morgan fingerprint density at radius 1 is 1.36 bits per heavy atom. The van der Waals surface area contributed by atoms with Crippen LogP contribution in [0.5, 0.6) is 0 Å². The van der Waals surface area contributed by atoms with Crippen molar-refractivity contribution in [3.05, 3.63) is 35.0 Å². The Labute approximate surface area is 85.2 Å². The van der Waals surface area contributed by atoms with Gasteiger partial charge in [-0.1, -0.05) is 35.6 Å². The van der Waals surface area contributed by atoms with Crippen LogP contribution in [0.15, 0.2) is 24.3 Å². The molecule has 0 unspecified atom stereocenters. The highest BCUT2D eigenvalue weighted by Gasteiger charge is 2.12. The number of benzene rings is 1. The SMILES string of the molecule is Cc1ccccc1-c1nc(N)sc1F. The summed E-state index contributed by atoms with van der Waals surface area (Å²) in [6.45, 7) is 1.92. The molecule has 14 heavy (non-hydrogen) atoms. The van der Waals surface area contributed by atoms with E-state index in [0.717, 1.165) is 22.5 Å². The summed E-state index contributed by atoms with van der Waals surface area (Å²) in [7, 11) is 0. The fraction of sp³-hybridized carbons (Fsp3) is 0.100. The van der Waals surface area contributed by atoms with Gasteiger partial charge in [0.1, 0.15) is 5.69 Å². The monoisotopic (exact) mass is 208 g/mol. The molecule has 2 nitrogen and oxygen atoms in total. The summed E-state index contributed by atoms with van der Waals surface area (Å²) in [5, 5.41) is -0.0578. The number of anilines is 1. The molecule has 1 aromatic carbocycles. The topological polar surface area (TPSA) is 38.9 Å². The maximum Gasteiger partial charge on any atom is 0.206 e. The van der Waals surface area contributed by atoms with E-state index in [1.807, 2.05) is 31.2 Å². The summed E-state index contributed by atoms with van der Waals surface area (Å²) in [6, 6.07) is 7.53. The molecule has 0 fully saturated rings. The average molecular weight is 208 g/mol. The minimum Gasteiger partial charge on any atom is -0.375 e. The maximum atomic E-state index is 13.4. The molecule has 1 heterocycles. The maximum absolute atomic E-state index is 13.4. The molecular weight excluding hydrogens is 199 g/mol. The van der Waals surface area contributed by atoms with E-state index in [1.165, 1.54) is 0 Å². The van der Waals surface area contributed by atoms with Gasteiger partial charge in [-0.3, -0.25) is 0 Å². The molecule has 0 spiro atoms. The predicted octanol–water partition coefficient (Wildman–Crippen LogP) is 2.84. The number of hydrogen-bond acceptors (Lipinski definition) is 3. The van der Waals surface area contributed by atoms with Crippen LogP contribution in [0.1, 0.15) is 5.56 Å². The Kier molecular flexibility index (Phi) is 2.21. The average Bonchev–Trinajstić information content (AvgIpc) is 2.46. The number of hydrogen-bond donors (Lipinski definition) is 1. The zero-order valence-electron chi connectivity index (χ0n) is 7.62. The van der Waals surface area contributed by atoms with Crippen LogP contribution < -0.4 is 5.73 Å². The normalized spacial score (nSPS) is 10.4. The number of aromatic nitrogens is 1. The third-order valence-electron chi connectivity index (χ3n) is 2.00. The number of aryl methyl sites for hydroxylation is 1. The van der Waals surface area contributed by atoms with Gasteiger partial charge in [-0.15, -0.1) is 0 Å². The van der Waals surface area contributed by atoms with Crippen LogP contribution in [0.25, 0.3) is 11.3 Å². The lowest BCUT2D eigenvalue weighted by molar-refractivity contribution is 0.657. The second-order valence-electron chi connectivity index (χ2n) is 2.99. The first kappa shape index (κ1) is 9.15. The molecule has 0 aliphatic carbocycles. The van der Waals surface area contributed by atoms with Crippen molar-refractivity contribution in [1.29, 1.82) is 0 Å². The van der Waals surface area contributed by atoms with Gasteiger partial charge in [-0.2, -0.15) is 4.39 Å². The number of rotatable bonds is 1. The molecule has 0 saturated heterocycles. The molecule has 0 radical (unpaired) electrons. The van der Waals surface area contributed by atoms with E-state index in [9.17, 15) is 4.39 Å². The molecule has 72 valence electrons. The van der Waals surface area contributed by atoms with Crippen LogP contribution in [0.3, 0.4) is 0 Å². The molecule has 4 heteroatoms. The van der Waals surface area contributed by atoms with Crippen LogP contribution in [0, 0.1) is 12.1 Å². The third-order valence-corrected chi connectivity index (χ3v) is 2.68. The number of nitrogens with zero attached hydrogens (tertiary/aromatic N) is 1. The highest BCUT2D eigenvalue weighted by atomic mass is 32.1.